The highest BCUT2D eigenvalue weighted by atomic mass is 16.5. The maximum Gasteiger partial charge on any atom is 0.329 e. The average molecular weight is 441 g/mol. The van der Waals surface area contributed by atoms with Crippen LogP contribution in [0, 0.1) is 0 Å². The van der Waals surface area contributed by atoms with Crippen LogP contribution in [0.2, 0.25) is 0 Å². The third-order valence-electron chi connectivity index (χ3n) is 7.43. The molecule has 3 aliphatic heterocycles. The second kappa shape index (κ2) is 8.83. The molecule has 8 heteroatoms. The lowest BCUT2D eigenvalue weighted by Gasteiger charge is -2.35. The van der Waals surface area contributed by atoms with Crippen molar-refractivity contribution in [1.29, 1.82) is 0 Å². The molecule has 2 amide bonds. The van der Waals surface area contributed by atoms with E-state index in [2.05, 4.69) is 22.3 Å². The molecule has 1 aromatic heterocycles. The molecular weight excluding hydrogens is 408 g/mol. The standard InChI is InChI=1S/C24H32N4O4/c1-26-21-14-17(16-9-11-27(12-10-16)15-18-4-2-3-13-32-18)5-6-19(21)28(24(26)31)20-7-8-22(29)25-23(20)30/h5-6,14,16,18,20H,2-4,7-13,15H2,1H3,(H,25,29,30). The third kappa shape index (κ3) is 4.01. The van der Waals surface area contributed by atoms with E-state index in [4.69, 9.17) is 4.74 Å². The molecule has 8 nitrogen and oxygen atoms in total. The number of hydrogen-bond acceptors (Lipinski definition) is 5. The van der Waals surface area contributed by atoms with Crippen LogP contribution in [0.1, 0.15) is 62.5 Å². The number of imidazole rings is 1. The first kappa shape index (κ1) is 21.4. The van der Waals surface area contributed by atoms with Gasteiger partial charge in [0.05, 0.1) is 17.1 Å². The molecule has 1 aromatic carbocycles. The highest BCUT2D eigenvalue weighted by Crippen LogP contribution is 2.31. The van der Waals surface area contributed by atoms with Gasteiger partial charge in [0.25, 0.3) is 0 Å². The third-order valence-corrected chi connectivity index (χ3v) is 7.43. The minimum absolute atomic E-state index is 0.214. The van der Waals surface area contributed by atoms with Crippen LogP contribution in [-0.4, -0.2) is 58.2 Å². The maximum absolute atomic E-state index is 13.0. The number of piperidine rings is 2. The smallest absolute Gasteiger partial charge is 0.329 e. The zero-order valence-electron chi connectivity index (χ0n) is 18.7. The molecule has 3 saturated heterocycles. The summed E-state index contributed by atoms with van der Waals surface area (Å²) in [7, 11) is 1.75. The normalized spacial score (nSPS) is 25.9. The molecule has 1 N–H and O–H groups in total. The van der Waals surface area contributed by atoms with Crippen LogP contribution in [-0.2, 0) is 21.4 Å². The van der Waals surface area contributed by atoms with Crippen LogP contribution < -0.4 is 11.0 Å². The summed E-state index contributed by atoms with van der Waals surface area (Å²) in [6, 6.07) is 5.55. The van der Waals surface area contributed by atoms with Gasteiger partial charge in [-0.1, -0.05) is 6.07 Å². The van der Waals surface area contributed by atoms with Crippen LogP contribution in [0.15, 0.2) is 23.0 Å². The number of nitrogens with one attached hydrogen (secondary N) is 1. The fourth-order valence-electron chi connectivity index (χ4n) is 5.55. The van der Waals surface area contributed by atoms with Gasteiger partial charge in [-0.15, -0.1) is 0 Å². The zero-order chi connectivity index (χ0) is 22.2. The van der Waals surface area contributed by atoms with E-state index < -0.39 is 11.9 Å². The number of aryl methyl sites for hydroxylation is 1. The molecule has 3 aliphatic rings. The van der Waals surface area contributed by atoms with Crippen molar-refractivity contribution >= 4 is 22.8 Å². The van der Waals surface area contributed by atoms with Gasteiger partial charge < -0.3 is 9.64 Å². The van der Waals surface area contributed by atoms with Gasteiger partial charge in [-0.25, -0.2) is 4.79 Å². The van der Waals surface area contributed by atoms with Crippen LogP contribution >= 0.6 is 0 Å². The fraction of sp³-hybridized carbons (Fsp3) is 0.625. The molecule has 0 aliphatic carbocycles. The zero-order valence-corrected chi connectivity index (χ0v) is 18.7. The van der Waals surface area contributed by atoms with Gasteiger partial charge in [-0.2, -0.15) is 0 Å². The molecule has 0 spiro atoms. The fourth-order valence-corrected chi connectivity index (χ4v) is 5.55. The molecule has 2 aromatic rings. The van der Waals surface area contributed by atoms with E-state index in [0.717, 1.165) is 50.1 Å². The van der Waals surface area contributed by atoms with Gasteiger partial charge in [-0.05, 0) is 75.2 Å². The SMILES string of the molecule is Cn1c(=O)n(C2CCC(=O)NC2=O)c2ccc(C3CCN(CC4CCCCO4)CC3)cc21. The van der Waals surface area contributed by atoms with Crippen LogP contribution in [0.4, 0.5) is 0 Å². The molecular formula is C24H32N4O4. The second-order valence-corrected chi connectivity index (χ2v) is 9.49. The quantitative estimate of drug-likeness (QED) is 0.736. The summed E-state index contributed by atoms with van der Waals surface area (Å²) in [4.78, 5) is 39.4. The number of amides is 2. The average Bonchev–Trinajstić information content (AvgIpc) is 3.05. The van der Waals surface area contributed by atoms with Gasteiger partial charge in [0, 0.05) is 26.6 Å². The summed E-state index contributed by atoms with van der Waals surface area (Å²) < 4.78 is 9.08. The highest BCUT2D eigenvalue weighted by molar-refractivity contribution is 6.00. The Morgan fingerprint density at radius 1 is 1.03 bits per heavy atom. The number of carbonyl (C=O) groups excluding carboxylic acids is 2. The van der Waals surface area contributed by atoms with Crippen molar-refractivity contribution < 1.29 is 14.3 Å². The second-order valence-electron chi connectivity index (χ2n) is 9.49. The predicted octanol–water partition coefficient (Wildman–Crippen LogP) is 2.07. The minimum Gasteiger partial charge on any atom is -0.377 e. The molecule has 4 heterocycles. The Labute approximate surface area is 187 Å². The molecule has 2 unspecified atom stereocenters. The van der Waals surface area contributed by atoms with Crippen molar-refractivity contribution in [3.63, 3.8) is 0 Å². The highest BCUT2D eigenvalue weighted by Gasteiger charge is 2.31. The van der Waals surface area contributed by atoms with Crippen molar-refractivity contribution in [2.24, 2.45) is 7.05 Å². The Balaban J connectivity index is 1.32. The molecule has 5 rings (SSSR count). The number of carbonyl (C=O) groups is 2. The number of benzene rings is 1. The number of aromatic nitrogens is 2. The van der Waals surface area contributed by atoms with Crippen molar-refractivity contribution in [2.45, 2.75) is 63.0 Å². The Hall–Kier alpha value is -2.45. The van der Waals surface area contributed by atoms with E-state index >= 15 is 0 Å². The number of nitrogens with zero attached hydrogens (tertiary/aromatic N) is 3. The topological polar surface area (TPSA) is 85.6 Å². The summed E-state index contributed by atoms with van der Waals surface area (Å²) in [6.07, 6.45) is 6.83. The summed E-state index contributed by atoms with van der Waals surface area (Å²) in [6.45, 7) is 4.07. The Morgan fingerprint density at radius 3 is 2.56 bits per heavy atom. The first-order chi connectivity index (χ1) is 15.5. The van der Waals surface area contributed by atoms with Gasteiger partial charge in [0.1, 0.15) is 6.04 Å². The Bertz CT molecular complexity index is 1070. The first-order valence-corrected chi connectivity index (χ1v) is 11.9. The van der Waals surface area contributed by atoms with E-state index in [1.807, 2.05) is 6.07 Å². The number of likely N-dealkylation sites (tertiary alicyclic amines) is 1. The Morgan fingerprint density at radius 2 is 1.84 bits per heavy atom. The summed E-state index contributed by atoms with van der Waals surface area (Å²) in [5.41, 5.74) is 2.63. The molecule has 0 saturated carbocycles. The molecule has 2 atom stereocenters. The van der Waals surface area contributed by atoms with E-state index in [0.29, 0.717) is 18.4 Å². The molecule has 32 heavy (non-hydrogen) atoms. The number of fused-ring (bicyclic) bond motifs is 1. The molecule has 3 fully saturated rings. The van der Waals surface area contributed by atoms with E-state index in [9.17, 15) is 14.4 Å². The van der Waals surface area contributed by atoms with Crippen molar-refractivity contribution in [2.75, 3.05) is 26.2 Å². The largest absolute Gasteiger partial charge is 0.377 e. The van der Waals surface area contributed by atoms with Gasteiger partial charge in [0.2, 0.25) is 11.8 Å². The summed E-state index contributed by atoms with van der Waals surface area (Å²) >= 11 is 0. The number of hydrogen-bond donors (Lipinski definition) is 1. The lowest BCUT2D eigenvalue weighted by molar-refractivity contribution is -0.135. The number of imide groups is 1. The van der Waals surface area contributed by atoms with Crippen molar-refractivity contribution in [3.8, 4) is 0 Å². The van der Waals surface area contributed by atoms with Gasteiger partial charge in [-0.3, -0.25) is 24.0 Å². The summed E-state index contributed by atoms with van der Waals surface area (Å²) in [5, 5.41) is 2.36. The monoisotopic (exact) mass is 440 g/mol. The molecule has 0 bridgehead atoms. The summed E-state index contributed by atoms with van der Waals surface area (Å²) in [5.74, 6) is -0.200. The molecule has 172 valence electrons. The van der Waals surface area contributed by atoms with E-state index in [1.54, 1.807) is 16.2 Å². The van der Waals surface area contributed by atoms with E-state index in [-0.39, 0.29) is 18.0 Å². The van der Waals surface area contributed by atoms with Gasteiger partial charge >= 0.3 is 5.69 Å². The van der Waals surface area contributed by atoms with Crippen molar-refractivity contribution in [3.05, 3.63) is 34.2 Å². The predicted molar refractivity (Wildman–Crippen MR) is 121 cm³/mol. The van der Waals surface area contributed by atoms with Crippen LogP contribution in [0.25, 0.3) is 11.0 Å². The molecule has 0 radical (unpaired) electrons. The number of ether oxygens (including phenoxy) is 1. The first-order valence-electron chi connectivity index (χ1n) is 11.9. The lowest BCUT2D eigenvalue weighted by Crippen LogP contribution is -2.44. The Kier molecular flexibility index (Phi) is 5.90. The number of rotatable bonds is 4. The lowest BCUT2D eigenvalue weighted by atomic mass is 9.89. The van der Waals surface area contributed by atoms with E-state index in [1.165, 1.54) is 24.8 Å². The van der Waals surface area contributed by atoms with Gasteiger partial charge in [0.15, 0.2) is 0 Å². The maximum atomic E-state index is 13.0. The van der Waals surface area contributed by atoms with Crippen molar-refractivity contribution in [1.82, 2.24) is 19.4 Å². The van der Waals surface area contributed by atoms with Crippen LogP contribution in [0.3, 0.4) is 0 Å². The minimum atomic E-state index is -0.639. The van der Waals surface area contributed by atoms with Crippen LogP contribution in [0.5, 0.6) is 0 Å².